The van der Waals surface area contributed by atoms with Crippen molar-refractivity contribution in [3.63, 3.8) is 0 Å². The summed E-state index contributed by atoms with van der Waals surface area (Å²) in [5.74, 6) is -0.0805. The first kappa shape index (κ1) is 48.5. The standard InChI is InChI=1S/C73H58N4/c1-45-19-28-60(49(5)37-45)55-26-35-70(66(41-55)62-18-10-9-13-48(62)4)76(58-16-11-14-52(40-58)44-74)68-33-24-53-23-32-65-69(34-25-54-22-31-64(68)72(53)73(54)65)77(59-17-12-15-57(43-59)75-8)71-36-27-56(61-29-20-46(2)38-50(61)6)42-67(71)63-30-21-47(3)39-51(63)7/h9-43,68,73H,1-7H3. The molecule has 0 spiro atoms. The fourth-order valence-corrected chi connectivity index (χ4v) is 12.3. The molecule has 4 nitrogen and oxygen atoms in total. The van der Waals surface area contributed by atoms with Gasteiger partial charge in [0, 0.05) is 34.1 Å². The van der Waals surface area contributed by atoms with Crippen molar-refractivity contribution in [1.29, 1.82) is 5.26 Å². The van der Waals surface area contributed by atoms with Crippen LogP contribution in [0.2, 0.25) is 0 Å². The number of rotatable bonds is 10. The van der Waals surface area contributed by atoms with Crippen LogP contribution in [0.4, 0.5) is 28.4 Å². The summed E-state index contributed by atoms with van der Waals surface area (Å²) in [4.78, 5) is 8.81. The van der Waals surface area contributed by atoms with E-state index < -0.39 is 0 Å². The Balaban J connectivity index is 1.04. The maximum absolute atomic E-state index is 10.4. The molecular weight excluding hydrogens is 933 g/mol. The van der Waals surface area contributed by atoms with Crippen LogP contribution in [-0.2, 0) is 0 Å². The first-order chi connectivity index (χ1) is 37.5. The van der Waals surface area contributed by atoms with Crippen LogP contribution < -0.4 is 9.80 Å². The number of aryl methyl sites for hydroxylation is 7. The van der Waals surface area contributed by atoms with Gasteiger partial charge in [0.1, 0.15) is 0 Å². The van der Waals surface area contributed by atoms with Gasteiger partial charge in [-0.05, 0) is 193 Å². The first-order valence-corrected chi connectivity index (χ1v) is 26.5. The highest BCUT2D eigenvalue weighted by molar-refractivity contribution is 5.93. The minimum Gasteiger partial charge on any atom is -0.330 e. The lowest BCUT2D eigenvalue weighted by atomic mass is 9.67. The van der Waals surface area contributed by atoms with Crippen LogP contribution in [0, 0.1) is 72.3 Å². The molecule has 0 bridgehead atoms. The second-order valence-corrected chi connectivity index (χ2v) is 21.1. The average molecular weight is 991 g/mol. The zero-order valence-electron chi connectivity index (χ0n) is 44.7. The van der Waals surface area contributed by atoms with E-state index in [1.807, 2.05) is 36.4 Å². The van der Waals surface area contributed by atoms with Crippen molar-refractivity contribution in [2.24, 2.45) is 5.92 Å². The molecule has 0 saturated carbocycles. The highest BCUT2D eigenvalue weighted by Gasteiger charge is 2.41. The van der Waals surface area contributed by atoms with E-state index >= 15 is 0 Å². The second-order valence-electron chi connectivity index (χ2n) is 21.1. The maximum Gasteiger partial charge on any atom is 0.189 e. The van der Waals surface area contributed by atoms with Crippen LogP contribution >= 0.6 is 0 Å². The quantitative estimate of drug-likeness (QED) is 0.128. The summed E-state index contributed by atoms with van der Waals surface area (Å²) in [5, 5.41) is 10.4. The normalized spacial score (nSPS) is 15.9. The van der Waals surface area contributed by atoms with Gasteiger partial charge < -0.3 is 9.80 Å². The maximum atomic E-state index is 10.4. The third kappa shape index (κ3) is 8.69. The summed E-state index contributed by atoms with van der Waals surface area (Å²) < 4.78 is 0. The molecule has 0 heterocycles. The van der Waals surface area contributed by atoms with E-state index in [0.717, 1.165) is 61.8 Å². The molecule has 0 fully saturated rings. The fraction of sp³-hybridized carbons (Fsp3) is 0.123. The molecular formula is C73H58N4. The topological polar surface area (TPSA) is 34.6 Å². The van der Waals surface area contributed by atoms with E-state index in [4.69, 9.17) is 6.57 Å². The van der Waals surface area contributed by atoms with Gasteiger partial charge in [-0.1, -0.05) is 168 Å². The van der Waals surface area contributed by atoms with Crippen LogP contribution in [0.5, 0.6) is 0 Å². The van der Waals surface area contributed by atoms with Crippen LogP contribution in [0.3, 0.4) is 0 Å². The van der Waals surface area contributed by atoms with Gasteiger partial charge in [-0.15, -0.1) is 0 Å². The number of allylic oxidation sites excluding steroid dienone is 10. The van der Waals surface area contributed by atoms with Gasteiger partial charge in [-0.2, -0.15) is 5.26 Å². The van der Waals surface area contributed by atoms with Crippen LogP contribution in [0.15, 0.2) is 246 Å². The second kappa shape index (κ2) is 19.7. The molecule has 4 aliphatic rings. The van der Waals surface area contributed by atoms with E-state index in [2.05, 4.69) is 245 Å². The summed E-state index contributed by atoms with van der Waals surface area (Å²) in [5.41, 5.74) is 30.1. The largest absolute Gasteiger partial charge is 0.330 e. The molecule has 4 heteroatoms. The van der Waals surface area contributed by atoms with Crippen molar-refractivity contribution in [3.05, 3.63) is 302 Å². The van der Waals surface area contributed by atoms with E-state index in [-0.39, 0.29) is 12.0 Å². The van der Waals surface area contributed by atoms with Gasteiger partial charge in [0.2, 0.25) is 0 Å². The SMILES string of the molecule is [C-]#[N+]c1cccc(N(C2=C3C=CC4=C5C(=CC=C(C=C2)C35)C(N(c2cccc(C#N)c2)c2ccc(-c3ccc(C)cc3C)cc2-c2ccccc2C)C=C4)c2ccc(-c3ccc(C)cc3C)cc2-c2ccc(C)cc2C)c1. The molecule has 4 aliphatic carbocycles. The predicted molar refractivity (Wildman–Crippen MR) is 321 cm³/mol. The molecule has 0 radical (unpaired) electrons. The van der Waals surface area contributed by atoms with E-state index in [1.54, 1.807) is 0 Å². The van der Waals surface area contributed by atoms with Crippen LogP contribution in [-0.4, -0.2) is 6.04 Å². The van der Waals surface area contributed by atoms with Crippen molar-refractivity contribution < 1.29 is 0 Å². The highest BCUT2D eigenvalue weighted by Crippen LogP contribution is 2.54. The highest BCUT2D eigenvalue weighted by atomic mass is 15.2. The zero-order chi connectivity index (χ0) is 53.1. The summed E-state index contributed by atoms with van der Waals surface area (Å²) in [7, 11) is 0. The van der Waals surface area contributed by atoms with Crippen molar-refractivity contribution in [2.45, 2.75) is 54.5 Å². The smallest absolute Gasteiger partial charge is 0.189 e. The third-order valence-corrected chi connectivity index (χ3v) is 15.9. The minimum absolute atomic E-state index is 0.0805. The number of nitriles is 1. The van der Waals surface area contributed by atoms with E-state index in [9.17, 15) is 5.26 Å². The molecule has 0 amide bonds. The molecule has 0 N–H and O–H groups in total. The number of benzene rings is 8. The molecule has 2 unspecified atom stereocenters. The van der Waals surface area contributed by atoms with Gasteiger partial charge in [-0.25, -0.2) is 4.85 Å². The summed E-state index contributed by atoms with van der Waals surface area (Å²) in [6.45, 7) is 23.4. The molecule has 8 aromatic rings. The summed E-state index contributed by atoms with van der Waals surface area (Å²) in [6, 6.07) is 61.0. The lowest BCUT2D eigenvalue weighted by Crippen LogP contribution is -2.37. The Hall–Kier alpha value is -9.48. The Kier molecular flexibility index (Phi) is 12.4. The fourth-order valence-electron chi connectivity index (χ4n) is 12.3. The van der Waals surface area contributed by atoms with Crippen molar-refractivity contribution in [3.8, 4) is 50.6 Å². The third-order valence-electron chi connectivity index (χ3n) is 15.9. The van der Waals surface area contributed by atoms with E-state index in [1.165, 1.54) is 77.9 Å². The van der Waals surface area contributed by atoms with Gasteiger partial charge in [0.15, 0.2) is 5.69 Å². The molecule has 77 heavy (non-hydrogen) atoms. The zero-order valence-corrected chi connectivity index (χ0v) is 44.7. The molecule has 2 atom stereocenters. The first-order valence-electron chi connectivity index (χ1n) is 26.5. The number of hydrogen-bond acceptors (Lipinski definition) is 3. The predicted octanol–water partition coefficient (Wildman–Crippen LogP) is 19.0. The monoisotopic (exact) mass is 990 g/mol. The summed E-state index contributed by atoms with van der Waals surface area (Å²) in [6.07, 6.45) is 18.5. The van der Waals surface area contributed by atoms with Gasteiger partial charge in [0.05, 0.1) is 35.6 Å². The lowest BCUT2D eigenvalue weighted by Gasteiger charge is -2.44. The van der Waals surface area contributed by atoms with Crippen LogP contribution in [0.1, 0.15) is 44.5 Å². The Morgan fingerprint density at radius 1 is 0.494 bits per heavy atom. The van der Waals surface area contributed by atoms with Gasteiger partial charge >= 0.3 is 0 Å². The average Bonchev–Trinajstić information content (AvgIpc) is 3.48. The van der Waals surface area contributed by atoms with E-state index in [0.29, 0.717) is 11.3 Å². The van der Waals surface area contributed by atoms with Gasteiger partial charge in [-0.3, -0.25) is 0 Å². The number of hydrogen-bond donors (Lipinski definition) is 0. The Labute approximate surface area is 454 Å². The van der Waals surface area contributed by atoms with Crippen molar-refractivity contribution in [2.75, 3.05) is 9.80 Å². The van der Waals surface area contributed by atoms with Crippen molar-refractivity contribution in [1.82, 2.24) is 0 Å². The summed E-state index contributed by atoms with van der Waals surface area (Å²) >= 11 is 0. The van der Waals surface area contributed by atoms with Crippen molar-refractivity contribution >= 4 is 28.4 Å². The lowest BCUT2D eigenvalue weighted by molar-refractivity contribution is 0.773. The molecule has 0 aromatic heterocycles. The van der Waals surface area contributed by atoms with Crippen LogP contribution in [0.25, 0.3) is 49.4 Å². The number of anilines is 4. The minimum atomic E-state index is -0.238. The molecule has 0 saturated heterocycles. The Morgan fingerprint density at radius 2 is 1.12 bits per heavy atom. The molecule has 0 aliphatic heterocycles. The van der Waals surface area contributed by atoms with Gasteiger partial charge in [0.25, 0.3) is 0 Å². The Bertz CT molecular complexity index is 4110. The molecule has 12 rings (SSSR count). The molecule has 8 aromatic carbocycles. The molecule has 370 valence electrons. The Morgan fingerprint density at radius 3 is 1.78 bits per heavy atom. The number of nitrogens with zero attached hydrogens (tertiary/aromatic N) is 4.